The fourth-order valence-corrected chi connectivity index (χ4v) is 3.73. The van der Waals surface area contributed by atoms with Gasteiger partial charge < -0.3 is 25.2 Å². The van der Waals surface area contributed by atoms with Gasteiger partial charge in [-0.15, -0.1) is 0 Å². The third-order valence-electron chi connectivity index (χ3n) is 5.38. The van der Waals surface area contributed by atoms with Gasteiger partial charge in [-0.25, -0.2) is 9.59 Å². The van der Waals surface area contributed by atoms with Crippen molar-refractivity contribution in [3.8, 4) is 0 Å². The largest absolute Gasteiger partial charge is 0.444 e. The van der Waals surface area contributed by atoms with Crippen molar-refractivity contribution in [1.29, 1.82) is 0 Å². The van der Waals surface area contributed by atoms with Gasteiger partial charge >= 0.3 is 12.2 Å². The summed E-state index contributed by atoms with van der Waals surface area (Å²) in [5, 5.41) is 15.7. The molecule has 2 unspecified atom stereocenters. The number of aryl methyl sites for hydroxylation is 1. The van der Waals surface area contributed by atoms with Gasteiger partial charge in [0.05, 0.1) is 18.2 Å². The van der Waals surface area contributed by atoms with Gasteiger partial charge in [0.15, 0.2) is 0 Å². The van der Waals surface area contributed by atoms with Crippen LogP contribution in [0.3, 0.4) is 0 Å². The molecular formula is C29H42N2O5. The number of nitrogens with one attached hydrogen (secondary N) is 2. The summed E-state index contributed by atoms with van der Waals surface area (Å²) in [5.74, 6) is 0. The monoisotopic (exact) mass is 498 g/mol. The average molecular weight is 499 g/mol. The molecule has 7 heteroatoms. The summed E-state index contributed by atoms with van der Waals surface area (Å²) in [4.78, 5) is 24.6. The topological polar surface area (TPSA) is 96.9 Å². The highest BCUT2D eigenvalue weighted by Crippen LogP contribution is 2.22. The van der Waals surface area contributed by atoms with Crippen LogP contribution < -0.4 is 10.6 Å². The molecule has 0 saturated carbocycles. The smallest absolute Gasteiger partial charge is 0.408 e. The van der Waals surface area contributed by atoms with Crippen LogP contribution in [0.4, 0.5) is 9.59 Å². The van der Waals surface area contributed by atoms with E-state index in [1.807, 2.05) is 75.4 Å². The molecule has 0 radical (unpaired) electrons. The predicted molar refractivity (Wildman–Crippen MR) is 142 cm³/mol. The maximum Gasteiger partial charge on any atom is 0.408 e. The number of carbonyl (C=O) groups excluding carboxylic acids is 2. The Morgan fingerprint density at radius 1 is 0.806 bits per heavy atom. The molecule has 2 aromatic rings. The van der Waals surface area contributed by atoms with Crippen LogP contribution in [0.2, 0.25) is 0 Å². The lowest BCUT2D eigenvalue weighted by Gasteiger charge is -2.30. The molecule has 7 nitrogen and oxygen atoms in total. The maximum atomic E-state index is 12.4. The highest BCUT2D eigenvalue weighted by molar-refractivity contribution is 5.69. The van der Waals surface area contributed by atoms with E-state index in [0.717, 1.165) is 23.1 Å². The summed E-state index contributed by atoms with van der Waals surface area (Å²) < 4.78 is 10.8. The zero-order chi connectivity index (χ0) is 27.0. The Morgan fingerprint density at radius 3 is 1.86 bits per heavy atom. The van der Waals surface area contributed by atoms with Gasteiger partial charge in [-0.05, 0) is 84.4 Å². The van der Waals surface area contributed by atoms with Crippen LogP contribution in [0.1, 0.15) is 77.6 Å². The van der Waals surface area contributed by atoms with Gasteiger partial charge in [-0.1, -0.05) is 54.6 Å². The Morgan fingerprint density at radius 2 is 1.33 bits per heavy atom. The second kappa shape index (κ2) is 12.3. The number of aliphatic hydroxyl groups excluding tert-OH is 1. The van der Waals surface area contributed by atoms with Crippen molar-refractivity contribution >= 4 is 12.2 Å². The van der Waals surface area contributed by atoms with Crippen LogP contribution >= 0.6 is 0 Å². The van der Waals surface area contributed by atoms with E-state index in [9.17, 15) is 14.7 Å². The van der Waals surface area contributed by atoms with Gasteiger partial charge in [0, 0.05) is 0 Å². The van der Waals surface area contributed by atoms with Crippen LogP contribution in [0.5, 0.6) is 0 Å². The van der Waals surface area contributed by atoms with Crippen molar-refractivity contribution in [1.82, 2.24) is 10.6 Å². The first-order chi connectivity index (χ1) is 16.7. The quantitative estimate of drug-likeness (QED) is 0.412. The number of amides is 2. The molecule has 2 amide bonds. The molecule has 2 aromatic carbocycles. The minimum Gasteiger partial charge on any atom is -0.444 e. The van der Waals surface area contributed by atoms with E-state index in [1.54, 1.807) is 27.7 Å². The first kappa shape index (κ1) is 29.2. The highest BCUT2D eigenvalue weighted by atomic mass is 16.6. The minimum atomic E-state index is -0.848. The fraction of sp³-hybridized carbons (Fsp3) is 0.517. The van der Waals surface area contributed by atoms with Crippen LogP contribution in [0.25, 0.3) is 0 Å². The number of alkyl carbamates (subject to hydrolysis) is 2. The summed E-state index contributed by atoms with van der Waals surface area (Å²) in [6.07, 6.45) is 0.920. The zero-order valence-corrected chi connectivity index (χ0v) is 22.7. The molecule has 0 aromatic heterocycles. The molecule has 0 fully saturated rings. The molecule has 0 heterocycles. The third-order valence-corrected chi connectivity index (χ3v) is 5.38. The molecule has 0 saturated heterocycles. The average Bonchev–Trinajstić information content (AvgIpc) is 2.75. The lowest BCUT2D eigenvalue weighted by Crippen LogP contribution is -2.52. The van der Waals surface area contributed by atoms with E-state index in [0.29, 0.717) is 12.8 Å². The van der Waals surface area contributed by atoms with Crippen molar-refractivity contribution in [2.45, 2.75) is 90.5 Å². The lowest BCUT2D eigenvalue weighted by atomic mass is 9.92. The van der Waals surface area contributed by atoms with Gasteiger partial charge in [-0.3, -0.25) is 0 Å². The zero-order valence-electron chi connectivity index (χ0n) is 22.7. The van der Waals surface area contributed by atoms with Crippen molar-refractivity contribution in [3.05, 3.63) is 71.3 Å². The summed E-state index contributed by atoms with van der Waals surface area (Å²) in [6, 6.07) is 17.7. The van der Waals surface area contributed by atoms with Crippen LogP contribution in [0, 0.1) is 0 Å². The third kappa shape index (κ3) is 10.7. The van der Waals surface area contributed by atoms with Crippen molar-refractivity contribution in [3.63, 3.8) is 0 Å². The van der Waals surface area contributed by atoms with E-state index >= 15 is 0 Å². The van der Waals surface area contributed by atoms with Crippen molar-refractivity contribution in [2.24, 2.45) is 0 Å². The van der Waals surface area contributed by atoms with Gasteiger partial charge in [0.25, 0.3) is 0 Å². The molecule has 36 heavy (non-hydrogen) atoms. The maximum absolute atomic E-state index is 12.4. The normalized spacial score (nSPS) is 14.3. The molecule has 0 bridgehead atoms. The molecule has 2 rings (SSSR count). The van der Waals surface area contributed by atoms with Crippen molar-refractivity contribution in [2.75, 3.05) is 6.61 Å². The molecule has 2 atom stereocenters. The lowest BCUT2D eigenvalue weighted by molar-refractivity contribution is 0.0414. The summed E-state index contributed by atoms with van der Waals surface area (Å²) >= 11 is 0. The van der Waals surface area contributed by atoms with Gasteiger partial charge in [0.2, 0.25) is 0 Å². The summed E-state index contributed by atoms with van der Waals surface area (Å²) in [7, 11) is 0. The van der Waals surface area contributed by atoms with Gasteiger partial charge in [-0.2, -0.15) is 0 Å². The second-order valence-electron chi connectivity index (χ2n) is 11.5. The fourth-order valence-electron chi connectivity index (χ4n) is 3.73. The van der Waals surface area contributed by atoms with Crippen LogP contribution in [0.15, 0.2) is 54.6 Å². The molecule has 198 valence electrons. The molecular weight excluding hydrogens is 456 g/mol. The summed E-state index contributed by atoms with van der Waals surface area (Å²) in [5.41, 5.74) is 1.10. The SMILES string of the molecule is CC(CO)(Cc1ccc(CCC(NC(=O)OC(C)(C)C)c2ccccc2)cc1)NC(=O)OC(C)(C)C. The Balaban J connectivity index is 2.03. The molecule has 0 aliphatic carbocycles. The highest BCUT2D eigenvalue weighted by Gasteiger charge is 2.29. The first-order valence-electron chi connectivity index (χ1n) is 12.4. The second-order valence-corrected chi connectivity index (χ2v) is 11.5. The number of benzene rings is 2. The molecule has 0 spiro atoms. The minimum absolute atomic E-state index is 0.184. The molecule has 0 aliphatic rings. The molecule has 0 aliphatic heterocycles. The van der Waals surface area contributed by atoms with E-state index in [-0.39, 0.29) is 12.6 Å². The van der Waals surface area contributed by atoms with E-state index in [4.69, 9.17) is 9.47 Å². The standard InChI is InChI=1S/C29H42N2O5/c1-27(2,3)35-25(33)30-24(23-11-9-8-10-12-23)18-17-21-13-15-22(16-14-21)19-29(7,20-32)31-26(34)36-28(4,5)6/h8-16,24,32H,17-20H2,1-7H3,(H,30,33)(H,31,34). The van der Waals surface area contributed by atoms with Crippen LogP contribution in [-0.4, -0.2) is 40.6 Å². The van der Waals surface area contributed by atoms with Crippen molar-refractivity contribution < 1.29 is 24.2 Å². The number of carbonyl (C=O) groups is 2. The Hall–Kier alpha value is -3.06. The van der Waals surface area contributed by atoms with Gasteiger partial charge in [0.1, 0.15) is 11.2 Å². The van der Waals surface area contributed by atoms with E-state index < -0.39 is 28.9 Å². The molecule has 3 N–H and O–H groups in total. The van der Waals surface area contributed by atoms with E-state index in [1.165, 1.54) is 0 Å². The van der Waals surface area contributed by atoms with Crippen LogP contribution in [-0.2, 0) is 22.3 Å². The number of hydrogen-bond donors (Lipinski definition) is 3. The Kier molecular flexibility index (Phi) is 9.93. The number of aliphatic hydroxyl groups is 1. The number of ether oxygens (including phenoxy) is 2. The first-order valence-corrected chi connectivity index (χ1v) is 12.4. The number of rotatable bonds is 9. The van der Waals surface area contributed by atoms with E-state index in [2.05, 4.69) is 10.6 Å². The summed E-state index contributed by atoms with van der Waals surface area (Å²) in [6.45, 7) is 12.5. The Bertz CT molecular complexity index is 977. The predicted octanol–water partition coefficient (Wildman–Crippen LogP) is 5.70. The Labute approximate surface area is 215 Å². The number of hydrogen-bond acceptors (Lipinski definition) is 5.